The fourth-order valence-corrected chi connectivity index (χ4v) is 4.60. The Morgan fingerprint density at radius 1 is 1.15 bits per heavy atom. The van der Waals surface area contributed by atoms with E-state index in [0.29, 0.717) is 24.0 Å². The van der Waals surface area contributed by atoms with Gasteiger partial charge in [-0.25, -0.2) is 0 Å². The van der Waals surface area contributed by atoms with E-state index in [-0.39, 0.29) is 12.0 Å². The summed E-state index contributed by atoms with van der Waals surface area (Å²) in [5.74, 6) is 0.583. The van der Waals surface area contributed by atoms with Gasteiger partial charge in [-0.1, -0.05) is 25.7 Å². The number of aliphatic hydroxyl groups excluding tert-OH is 1. The first-order valence-electron chi connectivity index (χ1n) is 8.33. The minimum Gasteiger partial charge on any atom is -0.396 e. The molecule has 3 rings (SSSR count). The summed E-state index contributed by atoms with van der Waals surface area (Å²) in [7, 11) is 0. The lowest BCUT2D eigenvalue weighted by Gasteiger charge is -2.60. The Hall–Kier alpha value is -0.770. The number of nitrogens with two attached hydrogens (primary N) is 1. The Kier molecular flexibility index (Phi) is 3.93. The summed E-state index contributed by atoms with van der Waals surface area (Å²) < 4.78 is 0. The highest BCUT2D eigenvalue weighted by molar-refractivity contribution is 5.78. The second-order valence-electron chi connectivity index (χ2n) is 7.55. The number of guanidine groups is 1. The first kappa shape index (κ1) is 14.2. The third-order valence-corrected chi connectivity index (χ3v) is 5.79. The van der Waals surface area contributed by atoms with E-state index >= 15 is 0 Å². The number of hydrogen-bond acceptors (Lipinski definition) is 2. The molecule has 20 heavy (non-hydrogen) atoms. The van der Waals surface area contributed by atoms with Crippen LogP contribution in [0.1, 0.15) is 64.2 Å². The highest BCUT2D eigenvalue weighted by atomic mass is 16.3. The predicted molar refractivity (Wildman–Crippen MR) is 81.5 cm³/mol. The van der Waals surface area contributed by atoms with Gasteiger partial charge in [-0.2, -0.15) is 0 Å². The van der Waals surface area contributed by atoms with Gasteiger partial charge in [-0.3, -0.25) is 4.99 Å². The van der Waals surface area contributed by atoms with E-state index in [2.05, 4.69) is 10.3 Å². The van der Waals surface area contributed by atoms with Gasteiger partial charge in [0.15, 0.2) is 5.96 Å². The summed E-state index contributed by atoms with van der Waals surface area (Å²) in [6.07, 6.45) is 12.8. The molecule has 3 aliphatic carbocycles. The van der Waals surface area contributed by atoms with Crippen LogP contribution in [0, 0.1) is 10.8 Å². The monoisotopic (exact) mass is 279 g/mol. The summed E-state index contributed by atoms with van der Waals surface area (Å²) in [6, 6.07) is 0.511. The largest absolute Gasteiger partial charge is 0.396 e. The summed E-state index contributed by atoms with van der Waals surface area (Å²) in [5.41, 5.74) is 6.62. The Labute approximate surface area is 122 Å². The molecule has 0 aliphatic heterocycles. The molecule has 0 amide bonds. The zero-order chi connectivity index (χ0) is 14.1. The SMILES string of the molecule is NC(=NCC1(CO)CC2(CCC2)C1)NC1CCCCC1. The smallest absolute Gasteiger partial charge is 0.188 e. The molecule has 0 unspecified atom stereocenters. The molecule has 0 aromatic heterocycles. The average Bonchev–Trinajstić information content (AvgIpc) is 2.37. The highest BCUT2D eigenvalue weighted by Gasteiger charge is 2.56. The van der Waals surface area contributed by atoms with Crippen LogP contribution in [0.2, 0.25) is 0 Å². The molecule has 0 aromatic carbocycles. The van der Waals surface area contributed by atoms with Crippen LogP contribution in [0.25, 0.3) is 0 Å². The Bertz CT molecular complexity index is 362. The number of aliphatic hydroxyl groups is 1. The van der Waals surface area contributed by atoms with Gasteiger partial charge < -0.3 is 16.2 Å². The molecule has 4 heteroatoms. The molecular weight excluding hydrogens is 250 g/mol. The van der Waals surface area contributed by atoms with E-state index in [0.717, 1.165) is 12.8 Å². The number of rotatable bonds is 4. The highest BCUT2D eigenvalue weighted by Crippen LogP contribution is 2.64. The van der Waals surface area contributed by atoms with Crippen molar-refractivity contribution < 1.29 is 5.11 Å². The predicted octanol–water partition coefficient (Wildman–Crippen LogP) is 2.17. The molecule has 3 fully saturated rings. The molecule has 4 N–H and O–H groups in total. The maximum atomic E-state index is 9.69. The third-order valence-electron chi connectivity index (χ3n) is 5.79. The van der Waals surface area contributed by atoms with Crippen LogP contribution in [-0.2, 0) is 0 Å². The van der Waals surface area contributed by atoms with Gasteiger partial charge in [-0.15, -0.1) is 0 Å². The number of nitrogens with one attached hydrogen (secondary N) is 1. The maximum Gasteiger partial charge on any atom is 0.188 e. The minimum atomic E-state index is 0.0271. The molecule has 3 saturated carbocycles. The maximum absolute atomic E-state index is 9.69. The van der Waals surface area contributed by atoms with Crippen molar-refractivity contribution >= 4 is 5.96 Å². The van der Waals surface area contributed by atoms with Gasteiger partial charge in [-0.05, 0) is 43.9 Å². The van der Waals surface area contributed by atoms with Crippen molar-refractivity contribution in [1.82, 2.24) is 5.32 Å². The second-order valence-corrected chi connectivity index (χ2v) is 7.55. The summed E-state index contributed by atoms with van der Waals surface area (Å²) in [6.45, 7) is 0.950. The average molecular weight is 279 g/mol. The van der Waals surface area contributed by atoms with Crippen molar-refractivity contribution in [3.05, 3.63) is 0 Å². The first-order valence-corrected chi connectivity index (χ1v) is 8.33. The molecule has 0 aromatic rings. The zero-order valence-electron chi connectivity index (χ0n) is 12.5. The van der Waals surface area contributed by atoms with Crippen molar-refractivity contribution in [2.24, 2.45) is 21.6 Å². The molecule has 3 aliphatic rings. The van der Waals surface area contributed by atoms with Crippen molar-refractivity contribution in [3.8, 4) is 0 Å². The Balaban J connectivity index is 1.47. The Morgan fingerprint density at radius 2 is 1.85 bits per heavy atom. The molecule has 0 heterocycles. The fourth-order valence-electron chi connectivity index (χ4n) is 4.60. The van der Waals surface area contributed by atoms with Crippen LogP contribution in [0.3, 0.4) is 0 Å². The normalized spacial score (nSPS) is 28.8. The van der Waals surface area contributed by atoms with Crippen molar-refractivity contribution in [2.45, 2.75) is 70.3 Å². The molecule has 4 nitrogen and oxygen atoms in total. The van der Waals surface area contributed by atoms with E-state index in [9.17, 15) is 5.11 Å². The van der Waals surface area contributed by atoms with Gasteiger partial charge in [0.2, 0.25) is 0 Å². The molecule has 114 valence electrons. The number of aliphatic imine (C=N–C) groups is 1. The summed E-state index contributed by atoms with van der Waals surface area (Å²) >= 11 is 0. The van der Waals surface area contributed by atoms with E-state index < -0.39 is 0 Å². The van der Waals surface area contributed by atoms with Crippen LogP contribution < -0.4 is 11.1 Å². The zero-order valence-corrected chi connectivity index (χ0v) is 12.5. The van der Waals surface area contributed by atoms with Crippen LogP contribution in [0.5, 0.6) is 0 Å². The van der Waals surface area contributed by atoms with Crippen LogP contribution in [-0.4, -0.2) is 30.3 Å². The number of nitrogens with zero attached hydrogens (tertiary/aromatic N) is 1. The van der Waals surface area contributed by atoms with Crippen molar-refractivity contribution in [2.75, 3.05) is 13.2 Å². The standard InChI is InChI=1S/C16H29N3O/c17-14(19-13-5-2-1-3-6-13)18-11-16(12-20)9-15(10-16)7-4-8-15/h13,20H,1-12H2,(H3,17,18,19). The quantitative estimate of drug-likeness (QED) is 0.545. The van der Waals surface area contributed by atoms with Gasteiger partial charge in [0, 0.05) is 11.5 Å². The van der Waals surface area contributed by atoms with E-state index in [4.69, 9.17) is 5.73 Å². The molecule has 1 spiro atoms. The second kappa shape index (κ2) is 5.55. The molecule has 0 saturated heterocycles. The molecule has 0 bridgehead atoms. The summed E-state index contributed by atoms with van der Waals surface area (Å²) in [5, 5.41) is 13.1. The fraction of sp³-hybridized carbons (Fsp3) is 0.938. The van der Waals surface area contributed by atoms with Crippen molar-refractivity contribution in [1.29, 1.82) is 0 Å². The van der Waals surface area contributed by atoms with E-state index in [1.165, 1.54) is 51.4 Å². The van der Waals surface area contributed by atoms with Crippen LogP contribution >= 0.6 is 0 Å². The van der Waals surface area contributed by atoms with Gasteiger partial charge >= 0.3 is 0 Å². The van der Waals surface area contributed by atoms with E-state index in [1.54, 1.807) is 0 Å². The topological polar surface area (TPSA) is 70.6 Å². The minimum absolute atomic E-state index is 0.0271. The third kappa shape index (κ3) is 2.80. The summed E-state index contributed by atoms with van der Waals surface area (Å²) in [4.78, 5) is 4.53. The number of hydrogen-bond donors (Lipinski definition) is 3. The molecule has 0 radical (unpaired) electrons. The van der Waals surface area contributed by atoms with Gasteiger partial charge in [0.1, 0.15) is 0 Å². The van der Waals surface area contributed by atoms with Gasteiger partial charge in [0.25, 0.3) is 0 Å². The lowest BCUT2D eigenvalue weighted by Crippen LogP contribution is -2.54. The van der Waals surface area contributed by atoms with Crippen LogP contribution in [0.15, 0.2) is 4.99 Å². The van der Waals surface area contributed by atoms with Gasteiger partial charge in [0.05, 0.1) is 13.2 Å². The Morgan fingerprint density at radius 3 is 2.40 bits per heavy atom. The first-order chi connectivity index (χ1) is 9.65. The van der Waals surface area contributed by atoms with Crippen molar-refractivity contribution in [3.63, 3.8) is 0 Å². The molecular formula is C16H29N3O. The van der Waals surface area contributed by atoms with E-state index in [1.807, 2.05) is 0 Å². The van der Waals surface area contributed by atoms with Crippen LogP contribution in [0.4, 0.5) is 0 Å². The molecule has 0 atom stereocenters. The lowest BCUT2D eigenvalue weighted by atomic mass is 9.45. The lowest BCUT2D eigenvalue weighted by molar-refractivity contribution is -0.115.